The summed E-state index contributed by atoms with van der Waals surface area (Å²) in [7, 11) is 1.50. The first-order valence-electron chi connectivity index (χ1n) is 6.46. The number of hydrogen-bond donors (Lipinski definition) is 2. The van der Waals surface area contributed by atoms with Crippen LogP contribution in [0.15, 0.2) is 0 Å². The Bertz CT molecular complexity index is 355. The normalized spacial score (nSPS) is 28.5. The number of amides is 1. The van der Waals surface area contributed by atoms with Gasteiger partial charge in [-0.2, -0.15) is 0 Å². The smallest absolute Gasteiger partial charge is 0.330 e. The summed E-state index contributed by atoms with van der Waals surface area (Å²) in [5.74, 6) is -1.33. The molecule has 0 aliphatic heterocycles. The average Bonchev–Trinajstić information content (AvgIpc) is 2.34. The number of hydrogen-bond acceptors (Lipinski definition) is 4. The maximum atomic E-state index is 11.8. The number of nitrogens with one attached hydrogen (secondary N) is 1. The molecule has 2 unspecified atom stereocenters. The summed E-state index contributed by atoms with van der Waals surface area (Å²) in [6.45, 7) is 6.29. The average molecular weight is 273 g/mol. The van der Waals surface area contributed by atoms with Crippen molar-refractivity contribution in [3.8, 4) is 0 Å². The Hall–Kier alpha value is -1.14. The standard InChI is InChI=1S/C13H23NO5/c1-5-19-9-8-13(11(16)17,12(9,2)3)14-10(15)6-7-18-4/h9H,5-8H2,1-4H3,(H,14,15)(H,16,17). The molecule has 1 fully saturated rings. The molecule has 1 aliphatic carbocycles. The van der Waals surface area contributed by atoms with Gasteiger partial charge >= 0.3 is 5.97 Å². The zero-order valence-electron chi connectivity index (χ0n) is 12.0. The Kier molecular flexibility index (Phi) is 4.92. The lowest BCUT2D eigenvalue weighted by atomic mass is 9.54. The molecule has 19 heavy (non-hydrogen) atoms. The molecule has 0 saturated heterocycles. The van der Waals surface area contributed by atoms with Crippen molar-refractivity contribution in [1.82, 2.24) is 5.32 Å². The van der Waals surface area contributed by atoms with E-state index in [1.807, 2.05) is 20.8 Å². The number of carboxylic acids is 1. The van der Waals surface area contributed by atoms with Crippen LogP contribution in [-0.2, 0) is 19.1 Å². The lowest BCUT2D eigenvalue weighted by Gasteiger charge is -2.58. The molecule has 0 aromatic rings. The highest BCUT2D eigenvalue weighted by atomic mass is 16.5. The van der Waals surface area contributed by atoms with E-state index in [9.17, 15) is 14.7 Å². The maximum absolute atomic E-state index is 11.8. The highest BCUT2D eigenvalue weighted by molar-refractivity contribution is 5.89. The van der Waals surface area contributed by atoms with Crippen molar-refractivity contribution in [2.24, 2.45) is 5.41 Å². The first-order valence-corrected chi connectivity index (χ1v) is 6.46. The topological polar surface area (TPSA) is 84.9 Å². The van der Waals surface area contributed by atoms with Gasteiger partial charge in [-0.05, 0) is 6.92 Å². The van der Waals surface area contributed by atoms with Crippen LogP contribution in [0.3, 0.4) is 0 Å². The highest BCUT2D eigenvalue weighted by Crippen LogP contribution is 2.51. The van der Waals surface area contributed by atoms with Crippen molar-refractivity contribution in [3.63, 3.8) is 0 Å². The molecule has 0 radical (unpaired) electrons. The van der Waals surface area contributed by atoms with E-state index in [4.69, 9.17) is 9.47 Å². The van der Waals surface area contributed by atoms with Gasteiger partial charge in [0, 0.05) is 32.0 Å². The first kappa shape index (κ1) is 15.9. The minimum Gasteiger partial charge on any atom is -0.479 e. The van der Waals surface area contributed by atoms with Gasteiger partial charge in [-0.1, -0.05) is 13.8 Å². The molecule has 0 spiro atoms. The van der Waals surface area contributed by atoms with E-state index >= 15 is 0 Å². The third-order valence-corrected chi connectivity index (χ3v) is 4.02. The number of carbonyl (C=O) groups excluding carboxylic acids is 1. The zero-order chi connectivity index (χ0) is 14.7. The highest BCUT2D eigenvalue weighted by Gasteiger charge is 2.66. The molecule has 0 aromatic carbocycles. The van der Waals surface area contributed by atoms with Crippen LogP contribution in [0.25, 0.3) is 0 Å². The molecule has 1 rings (SSSR count). The summed E-state index contributed by atoms with van der Waals surface area (Å²) in [6.07, 6.45) is 0.291. The van der Waals surface area contributed by atoms with Gasteiger partial charge in [-0.15, -0.1) is 0 Å². The maximum Gasteiger partial charge on any atom is 0.330 e. The molecular formula is C13H23NO5. The van der Waals surface area contributed by atoms with Gasteiger partial charge in [0.25, 0.3) is 0 Å². The summed E-state index contributed by atoms with van der Waals surface area (Å²) in [4.78, 5) is 23.3. The molecule has 1 saturated carbocycles. The Morgan fingerprint density at radius 2 is 2.05 bits per heavy atom. The fourth-order valence-corrected chi connectivity index (χ4v) is 2.53. The van der Waals surface area contributed by atoms with Crippen LogP contribution in [0, 0.1) is 5.41 Å². The van der Waals surface area contributed by atoms with E-state index in [2.05, 4.69) is 5.32 Å². The van der Waals surface area contributed by atoms with Crippen molar-refractivity contribution in [2.75, 3.05) is 20.3 Å². The van der Waals surface area contributed by atoms with Crippen LogP contribution < -0.4 is 5.32 Å². The number of methoxy groups -OCH3 is 1. The number of rotatable bonds is 7. The van der Waals surface area contributed by atoms with Gasteiger partial charge in [-0.3, -0.25) is 4.79 Å². The quantitative estimate of drug-likeness (QED) is 0.716. The predicted octanol–water partition coefficient (Wildman–Crippen LogP) is 0.797. The van der Waals surface area contributed by atoms with Gasteiger partial charge in [0.15, 0.2) is 0 Å². The molecule has 0 bridgehead atoms. The van der Waals surface area contributed by atoms with Crippen molar-refractivity contribution >= 4 is 11.9 Å². The van der Waals surface area contributed by atoms with E-state index in [0.29, 0.717) is 13.0 Å². The number of ether oxygens (including phenoxy) is 2. The molecule has 1 aliphatic rings. The van der Waals surface area contributed by atoms with Crippen molar-refractivity contribution < 1.29 is 24.2 Å². The molecule has 2 atom stereocenters. The van der Waals surface area contributed by atoms with E-state index in [-0.39, 0.29) is 25.0 Å². The van der Waals surface area contributed by atoms with Gasteiger partial charge in [-0.25, -0.2) is 4.79 Å². The monoisotopic (exact) mass is 273 g/mol. The van der Waals surface area contributed by atoms with Crippen LogP contribution >= 0.6 is 0 Å². The predicted molar refractivity (Wildman–Crippen MR) is 68.8 cm³/mol. The van der Waals surface area contributed by atoms with Gasteiger partial charge in [0.2, 0.25) is 5.91 Å². The number of aliphatic carboxylic acids is 1. The second kappa shape index (κ2) is 5.88. The fraction of sp³-hybridized carbons (Fsp3) is 0.846. The third kappa shape index (κ3) is 2.74. The lowest BCUT2D eigenvalue weighted by Crippen LogP contribution is -2.76. The Morgan fingerprint density at radius 1 is 1.42 bits per heavy atom. The summed E-state index contributed by atoms with van der Waals surface area (Å²) in [6, 6.07) is 0. The molecule has 6 nitrogen and oxygen atoms in total. The van der Waals surface area contributed by atoms with Crippen molar-refractivity contribution in [2.45, 2.75) is 45.3 Å². The van der Waals surface area contributed by atoms with E-state index in [0.717, 1.165) is 0 Å². The zero-order valence-corrected chi connectivity index (χ0v) is 12.0. The van der Waals surface area contributed by atoms with Crippen molar-refractivity contribution in [3.05, 3.63) is 0 Å². The fourth-order valence-electron chi connectivity index (χ4n) is 2.53. The third-order valence-electron chi connectivity index (χ3n) is 4.02. The number of carbonyl (C=O) groups is 2. The van der Waals surface area contributed by atoms with Crippen LogP contribution in [-0.4, -0.2) is 48.9 Å². The van der Waals surface area contributed by atoms with Gasteiger partial charge in [0.05, 0.1) is 12.7 Å². The van der Waals surface area contributed by atoms with Crippen LogP contribution in [0.5, 0.6) is 0 Å². The molecule has 110 valence electrons. The summed E-state index contributed by atoms with van der Waals surface area (Å²) in [5, 5.41) is 12.1. The van der Waals surface area contributed by atoms with E-state index < -0.39 is 16.9 Å². The minimum atomic E-state index is -1.25. The Balaban J connectivity index is 2.78. The second-order valence-electron chi connectivity index (χ2n) is 5.37. The molecule has 2 N–H and O–H groups in total. The summed E-state index contributed by atoms with van der Waals surface area (Å²) in [5.41, 5.74) is -1.89. The second-order valence-corrected chi connectivity index (χ2v) is 5.37. The molecule has 1 amide bonds. The molecule has 6 heteroatoms. The van der Waals surface area contributed by atoms with Crippen LogP contribution in [0.1, 0.15) is 33.6 Å². The SMILES string of the molecule is CCOC1CC(NC(=O)CCOC)(C(=O)O)C1(C)C. The first-order chi connectivity index (χ1) is 8.81. The van der Waals surface area contributed by atoms with Crippen LogP contribution in [0.4, 0.5) is 0 Å². The lowest BCUT2D eigenvalue weighted by molar-refractivity contribution is -0.194. The summed E-state index contributed by atoms with van der Waals surface area (Å²) < 4.78 is 10.3. The molecule has 0 heterocycles. The summed E-state index contributed by atoms with van der Waals surface area (Å²) >= 11 is 0. The Labute approximate surface area is 113 Å². The Morgan fingerprint density at radius 3 is 2.47 bits per heavy atom. The number of carboxylic acid groups (broad SMARTS) is 1. The van der Waals surface area contributed by atoms with Gasteiger partial charge in [0.1, 0.15) is 5.54 Å². The van der Waals surface area contributed by atoms with Crippen molar-refractivity contribution in [1.29, 1.82) is 0 Å². The van der Waals surface area contributed by atoms with E-state index in [1.54, 1.807) is 0 Å². The largest absolute Gasteiger partial charge is 0.479 e. The molecular weight excluding hydrogens is 250 g/mol. The van der Waals surface area contributed by atoms with E-state index in [1.165, 1.54) is 7.11 Å². The van der Waals surface area contributed by atoms with Gasteiger partial charge < -0.3 is 19.9 Å². The minimum absolute atomic E-state index is 0.154. The molecule has 0 aromatic heterocycles. The van der Waals surface area contributed by atoms with Crippen LogP contribution in [0.2, 0.25) is 0 Å².